The summed E-state index contributed by atoms with van der Waals surface area (Å²) in [5.41, 5.74) is 1.29. The van der Waals surface area contributed by atoms with E-state index in [1.54, 1.807) is 43.1 Å². The summed E-state index contributed by atoms with van der Waals surface area (Å²) in [6.45, 7) is 9.92. The fourth-order valence-electron chi connectivity index (χ4n) is 2.68. The van der Waals surface area contributed by atoms with Crippen molar-refractivity contribution in [1.82, 2.24) is 14.7 Å². The molecule has 7 heteroatoms. The monoisotopic (exact) mass is 386 g/mol. The second kappa shape index (κ2) is 8.46. The standard InChI is InChI=1S/C21H30N4O3/c1-14(2)25(20(27)15-8-10-16(28-7)11-9-15)13-19(26)22-18-12-17(21(3,4)5)23-24(18)6/h8-12,14H,13H2,1-7H3,(H,22,26). The highest BCUT2D eigenvalue weighted by atomic mass is 16.5. The maximum absolute atomic E-state index is 12.9. The lowest BCUT2D eigenvalue weighted by Crippen LogP contribution is -2.42. The molecule has 0 saturated carbocycles. The summed E-state index contributed by atoms with van der Waals surface area (Å²) < 4.78 is 6.77. The van der Waals surface area contributed by atoms with Crippen molar-refractivity contribution in [2.24, 2.45) is 7.05 Å². The first-order valence-electron chi connectivity index (χ1n) is 9.32. The van der Waals surface area contributed by atoms with Gasteiger partial charge in [-0.1, -0.05) is 20.8 Å². The summed E-state index contributed by atoms with van der Waals surface area (Å²) in [5, 5.41) is 7.32. The molecule has 2 amide bonds. The maximum atomic E-state index is 12.9. The number of benzene rings is 1. The number of ether oxygens (including phenoxy) is 1. The Morgan fingerprint density at radius 2 is 1.82 bits per heavy atom. The molecule has 0 aliphatic carbocycles. The number of nitrogens with one attached hydrogen (secondary N) is 1. The lowest BCUT2D eigenvalue weighted by Gasteiger charge is -2.26. The van der Waals surface area contributed by atoms with E-state index >= 15 is 0 Å². The minimum absolute atomic E-state index is 0.0431. The van der Waals surface area contributed by atoms with Gasteiger partial charge in [-0.05, 0) is 38.1 Å². The minimum Gasteiger partial charge on any atom is -0.497 e. The van der Waals surface area contributed by atoms with Crippen LogP contribution in [0.5, 0.6) is 5.75 Å². The molecule has 1 heterocycles. The third-order valence-corrected chi connectivity index (χ3v) is 4.45. The van der Waals surface area contributed by atoms with E-state index < -0.39 is 0 Å². The van der Waals surface area contributed by atoms with E-state index in [0.717, 1.165) is 5.69 Å². The lowest BCUT2D eigenvalue weighted by atomic mass is 9.92. The zero-order valence-electron chi connectivity index (χ0n) is 17.7. The van der Waals surface area contributed by atoms with E-state index in [0.29, 0.717) is 17.1 Å². The van der Waals surface area contributed by atoms with Crippen LogP contribution in [0.2, 0.25) is 0 Å². The van der Waals surface area contributed by atoms with Gasteiger partial charge in [-0.25, -0.2) is 0 Å². The third-order valence-electron chi connectivity index (χ3n) is 4.45. The zero-order chi connectivity index (χ0) is 21.1. The van der Waals surface area contributed by atoms with Crippen LogP contribution < -0.4 is 10.1 Å². The Morgan fingerprint density at radius 1 is 1.21 bits per heavy atom. The number of rotatable bonds is 6. The van der Waals surface area contributed by atoms with Crippen molar-refractivity contribution in [2.75, 3.05) is 19.0 Å². The highest BCUT2D eigenvalue weighted by molar-refractivity contribution is 5.99. The molecule has 0 fully saturated rings. The van der Waals surface area contributed by atoms with Gasteiger partial charge < -0.3 is 15.0 Å². The van der Waals surface area contributed by atoms with E-state index in [4.69, 9.17) is 4.74 Å². The summed E-state index contributed by atoms with van der Waals surface area (Å²) in [6, 6.07) is 8.60. The summed E-state index contributed by atoms with van der Waals surface area (Å²) in [7, 11) is 3.36. The number of carbonyl (C=O) groups excluding carboxylic acids is 2. The number of methoxy groups -OCH3 is 1. The first-order valence-corrected chi connectivity index (χ1v) is 9.32. The summed E-state index contributed by atoms with van der Waals surface area (Å²) in [6.07, 6.45) is 0. The molecule has 0 aliphatic rings. The quantitative estimate of drug-likeness (QED) is 0.827. The summed E-state index contributed by atoms with van der Waals surface area (Å²) >= 11 is 0. The van der Waals surface area contributed by atoms with Crippen molar-refractivity contribution in [3.8, 4) is 5.75 Å². The second-order valence-corrected chi connectivity index (χ2v) is 8.09. The molecule has 0 atom stereocenters. The molecule has 0 bridgehead atoms. The van der Waals surface area contributed by atoms with E-state index in [-0.39, 0.29) is 29.8 Å². The number of anilines is 1. The molecular weight excluding hydrogens is 356 g/mol. The molecule has 28 heavy (non-hydrogen) atoms. The van der Waals surface area contributed by atoms with Crippen LogP contribution in [0.4, 0.5) is 5.82 Å². The van der Waals surface area contributed by atoms with Crippen LogP contribution in [-0.2, 0) is 17.3 Å². The van der Waals surface area contributed by atoms with E-state index in [2.05, 4.69) is 31.2 Å². The molecule has 1 aromatic carbocycles. The van der Waals surface area contributed by atoms with Crippen molar-refractivity contribution in [1.29, 1.82) is 0 Å². The number of hydrogen-bond acceptors (Lipinski definition) is 4. The Kier molecular flexibility index (Phi) is 6.48. The molecule has 7 nitrogen and oxygen atoms in total. The Balaban J connectivity index is 2.12. The molecular formula is C21H30N4O3. The molecule has 0 spiro atoms. The average molecular weight is 386 g/mol. The van der Waals surface area contributed by atoms with Crippen LogP contribution in [0.25, 0.3) is 0 Å². The largest absolute Gasteiger partial charge is 0.497 e. The van der Waals surface area contributed by atoms with Gasteiger partial charge in [0.05, 0.1) is 12.8 Å². The maximum Gasteiger partial charge on any atom is 0.254 e. The lowest BCUT2D eigenvalue weighted by molar-refractivity contribution is -0.117. The smallest absolute Gasteiger partial charge is 0.254 e. The zero-order valence-corrected chi connectivity index (χ0v) is 17.7. The highest BCUT2D eigenvalue weighted by Crippen LogP contribution is 2.23. The first-order chi connectivity index (χ1) is 13.0. The fraction of sp³-hybridized carbons (Fsp3) is 0.476. The van der Waals surface area contributed by atoms with E-state index in [9.17, 15) is 9.59 Å². The Hall–Kier alpha value is -2.83. The number of amides is 2. The summed E-state index contributed by atoms with van der Waals surface area (Å²) in [5.74, 6) is 0.819. The van der Waals surface area contributed by atoms with Crippen LogP contribution >= 0.6 is 0 Å². The van der Waals surface area contributed by atoms with Crippen LogP contribution in [0, 0.1) is 0 Å². The van der Waals surface area contributed by atoms with Gasteiger partial charge in [0.15, 0.2) is 0 Å². The molecule has 0 radical (unpaired) electrons. The van der Waals surface area contributed by atoms with Gasteiger partial charge >= 0.3 is 0 Å². The topological polar surface area (TPSA) is 76.5 Å². The molecule has 0 unspecified atom stereocenters. The van der Waals surface area contributed by atoms with Crippen molar-refractivity contribution >= 4 is 17.6 Å². The number of aryl methyl sites for hydroxylation is 1. The van der Waals surface area contributed by atoms with E-state index in [1.165, 1.54) is 4.90 Å². The van der Waals surface area contributed by atoms with Crippen LogP contribution in [0.15, 0.2) is 30.3 Å². The molecule has 1 aromatic heterocycles. The SMILES string of the molecule is COc1ccc(C(=O)N(CC(=O)Nc2cc(C(C)(C)C)nn2C)C(C)C)cc1. The molecule has 1 N–H and O–H groups in total. The number of aromatic nitrogens is 2. The molecule has 0 aliphatic heterocycles. The first kappa shape index (κ1) is 21.5. The van der Waals surface area contributed by atoms with Gasteiger partial charge in [0, 0.05) is 30.1 Å². The predicted octanol–water partition coefficient (Wildman–Crippen LogP) is 3.22. The summed E-state index contributed by atoms with van der Waals surface area (Å²) in [4.78, 5) is 27.0. The number of carbonyl (C=O) groups is 2. The number of nitrogens with zero attached hydrogens (tertiary/aromatic N) is 3. The van der Waals surface area contributed by atoms with Gasteiger partial charge in [0.1, 0.15) is 18.1 Å². The third kappa shape index (κ3) is 5.12. The van der Waals surface area contributed by atoms with Gasteiger partial charge in [-0.15, -0.1) is 0 Å². The molecule has 152 valence electrons. The van der Waals surface area contributed by atoms with Gasteiger partial charge in [-0.3, -0.25) is 14.3 Å². The highest BCUT2D eigenvalue weighted by Gasteiger charge is 2.23. The fourth-order valence-corrected chi connectivity index (χ4v) is 2.68. The van der Waals surface area contributed by atoms with Crippen molar-refractivity contribution in [3.63, 3.8) is 0 Å². The molecule has 2 aromatic rings. The van der Waals surface area contributed by atoms with E-state index in [1.807, 2.05) is 19.9 Å². The average Bonchev–Trinajstić information content (AvgIpc) is 3.00. The second-order valence-electron chi connectivity index (χ2n) is 8.09. The van der Waals surface area contributed by atoms with Crippen LogP contribution in [0.3, 0.4) is 0 Å². The normalized spacial score (nSPS) is 11.4. The van der Waals surface area contributed by atoms with Crippen LogP contribution in [-0.4, -0.2) is 46.2 Å². The number of hydrogen-bond donors (Lipinski definition) is 1. The van der Waals surface area contributed by atoms with Crippen LogP contribution in [0.1, 0.15) is 50.7 Å². The van der Waals surface area contributed by atoms with Gasteiger partial charge in [0.2, 0.25) is 5.91 Å². The minimum atomic E-state index is -0.265. The molecule has 0 saturated heterocycles. The van der Waals surface area contributed by atoms with Crippen molar-refractivity contribution < 1.29 is 14.3 Å². The van der Waals surface area contributed by atoms with Crippen molar-refractivity contribution in [2.45, 2.75) is 46.1 Å². The Bertz CT molecular complexity index is 832. The van der Waals surface area contributed by atoms with Gasteiger partial charge in [-0.2, -0.15) is 5.10 Å². The van der Waals surface area contributed by atoms with Crippen molar-refractivity contribution in [3.05, 3.63) is 41.6 Å². The predicted molar refractivity (Wildman–Crippen MR) is 110 cm³/mol. The van der Waals surface area contributed by atoms with Gasteiger partial charge in [0.25, 0.3) is 5.91 Å². The molecule has 2 rings (SSSR count). The Morgan fingerprint density at radius 3 is 2.29 bits per heavy atom. The Labute approximate surface area is 166 Å².